The van der Waals surface area contributed by atoms with Crippen molar-refractivity contribution in [2.45, 2.75) is 84.9 Å². The zero-order chi connectivity index (χ0) is 18.0. The van der Waals surface area contributed by atoms with Crippen LogP contribution in [0.2, 0.25) is 37.8 Å². The maximum absolute atomic E-state index is 4.95. The van der Waals surface area contributed by atoms with Gasteiger partial charge in [-0.25, -0.2) is 0 Å². The zero-order valence-electron chi connectivity index (χ0n) is 17.7. The first kappa shape index (κ1) is 28.6. The van der Waals surface area contributed by atoms with Gasteiger partial charge in [0.25, 0.3) is 0 Å². The first-order valence-electron chi connectivity index (χ1n) is 8.88. The summed E-state index contributed by atoms with van der Waals surface area (Å²) in [5.74, 6) is 0. The second-order valence-corrected chi connectivity index (χ2v) is 17.9. The third-order valence-electron chi connectivity index (χ3n) is 3.64. The first-order valence-corrected chi connectivity index (χ1v) is 14.9. The van der Waals surface area contributed by atoms with Crippen molar-refractivity contribution in [3.8, 4) is 0 Å². The van der Waals surface area contributed by atoms with E-state index in [4.69, 9.17) is 4.98 Å². The molecule has 0 aliphatic heterocycles. The maximum atomic E-state index is 4.95. The average Bonchev–Trinajstić information content (AvgIpc) is 2.31. The molecule has 0 N–H and O–H groups in total. The molecule has 23 heavy (non-hydrogen) atoms. The van der Waals surface area contributed by atoms with Crippen LogP contribution in [0.4, 0.5) is 0 Å². The van der Waals surface area contributed by atoms with Crippen molar-refractivity contribution in [1.82, 2.24) is 4.90 Å². The summed E-state index contributed by atoms with van der Waals surface area (Å²) in [6.07, 6.45) is 0. The van der Waals surface area contributed by atoms with Gasteiger partial charge in [-0.2, -0.15) is 0 Å². The van der Waals surface area contributed by atoms with Crippen molar-refractivity contribution in [3.05, 3.63) is 9.96 Å². The second-order valence-electron chi connectivity index (χ2n) is 8.42. The fourth-order valence-corrected chi connectivity index (χ4v) is 7.34. The van der Waals surface area contributed by atoms with E-state index in [1.165, 1.54) is 18.1 Å². The molecule has 0 aromatic carbocycles. The summed E-state index contributed by atoms with van der Waals surface area (Å²) in [5.41, 5.74) is 0.171. The summed E-state index contributed by atoms with van der Waals surface area (Å²) >= 11 is 0. The third kappa shape index (κ3) is 19.0. The monoisotopic (exact) mass is 404 g/mol. The van der Waals surface area contributed by atoms with Crippen LogP contribution >= 0.6 is 0 Å². The molecule has 6 heteroatoms. The Bertz CT molecular complexity index is 250. The van der Waals surface area contributed by atoms with E-state index in [1.807, 2.05) is 0 Å². The molecule has 0 atom stereocenters. The molecule has 0 heterocycles. The molecule has 3 nitrogen and oxygen atoms in total. The SMILES string of the molecule is CC(C)(C)[N-][Si](C)(C)C.CC[Si](CC)(CC)[N-]CCN(C)C.[Co+3]. The molecule has 0 fully saturated rings. The van der Waals surface area contributed by atoms with Crippen molar-refractivity contribution in [2.75, 3.05) is 27.2 Å². The van der Waals surface area contributed by atoms with E-state index in [2.05, 4.69) is 85.2 Å². The van der Waals surface area contributed by atoms with Gasteiger partial charge in [0.1, 0.15) is 0 Å². The van der Waals surface area contributed by atoms with Crippen LogP contribution in [-0.4, -0.2) is 54.1 Å². The van der Waals surface area contributed by atoms with Crippen LogP contribution in [0.15, 0.2) is 0 Å². The molecule has 0 spiro atoms. The van der Waals surface area contributed by atoms with E-state index in [9.17, 15) is 0 Å². The molecule has 0 aliphatic rings. The zero-order valence-corrected chi connectivity index (χ0v) is 20.8. The molecule has 0 saturated carbocycles. The Labute approximate surface area is 160 Å². The molecular weight excluding hydrogens is 361 g/mol. The molecule has 0 aromatic heterocycles. The summed E-state index contributed by atoms with van der Waals surface area (Å²) < 4.78 is 0. The van der Waals surface area contributed by atoms with Gasteiger partial charge in [-0.15, -0.1) is 12.1 Å². The predicted octanol–water partition coefficient (Wildman–Crippen LogP) is 5.92. The van der Waals surface area contributed by atoms with Gasteiger partial charge >= 0.3 is 16.8 Å². The van der Waals surface area contributed by atoms with Gasteiger partial charge < -0.3 is 14.9 Å². The standard InChI is InChI=1S/C10H25N2Si.C7H18NSi.Co/c1-6-13(7-2,8-3)11-9-10-12(4)5;1-7(2,3)8-9(4,5)6;/h6-10H2,1-5H3;1-6H3;/q2*-1;+3. The summed E-state index contributed by atoms with van der Waals surface area (Å²) in [7, 11) is 1.87. The number of nitrogens with zero attached hydrogens (tertiary/aromatic N) is 3. The van der Waals surface area contributed by atoms with Gasteiger partial charge in [-0.3, -0.25) is 0 Å². The molecule has 0 amide bonds. The quantitative estimate of drug-likeness (QED) is 0.462. The average molecular weight is 405 g/mol. The summed E-state index contributed by atoms with van der Waals surface area (Å²) in [6.45, 7) is 22.3. The van der Waals surface area contributed by atoms with Crippen molar-refractivity contribution in [2.24, 2.45) is 0 Å². The van der Waals surface area contributed by atoms with Gasteiger partial charge in [-0.1, -0.05) is 95.8 Å². The van der Waals surface area contributed by atoms with Gasteiger partial charge in [0.2, 0.25) is 0 Å². The molecule has 0 aliphatic carbocycles. The summed E-state index contributed by atoms with van der Waals surface area (Å²) in [5, 5.41) is 0. The molecule has 0 radical (unpaired) electrons. The number of likely N-dealkylation sites (N-methyl/N-ethyl adjacent to an activating group) is 1. The van der Waals surface area contributed by atoms with Crippen LogP contribution in [0.5, 0.6) is 0 Å². The predicted molar refractivity (Wildman–Crippen MR) is 110 cm³/mol. The van der Waals surface area contributed by atoms with Crippen LogP contribution in [0.1, 0.15) is 41.5 Å². The molecule has 0 rings (SSSR count). The van der Waals surface area contributed by atoms with Crippen LogP contribution in [0.3, 0.4) is 0 Å². The number of rotatable bonds is 8. The fraction of sp³-hybridized carbons (Fsp3) is 1.00. The Hall–Kier alpha value is 0.820. The van der Waals surface area contributed by atoms with Gasteiger partial charge in [0, 0.05) is 0 Å². The van der Waals surface area contributed by atoms with Crippen LogP contribution in [0, 0.1) is 0 Å². The van der Waals surface area contributed by atoms with Crippen molar-refractivity contribution < 1.29 is 16.8 Å². The normalized spacial score (nSPS) is 12.5. The Morgan fingerprint density at radius 3 is 1.43 bits per heavy atom. The van der Waals surface area contributed by atoms with E-state index in [1.54, 1.807) is 0 Å². The summed E-state index contributed by atoms with van der Waals surface area (Å²) in [6, 6.07) is 3.94. The Balaban J connectivity index is -0.000000354. The Morgan fingerprint density at radius 2 is 1.26 bits per heavy atom. The minimum absolute atomic E-state index is 0. The summed E-state index contributed by atoms with van der Waals surface area (Å²) in [4.78, 5) is 11.8. The number of hydrogen-bond acceptors (Lipinski definition) is 1. The second kappa shape index (κ2) is 13.1. The minimum atomic E-state index is -1.19. The van der Waals surface area contributed by atoms with E-state index in [0.717, 1.165) is 13.1 Å². The molecule has 0 bridgehead atoms. The van der Waals surface area contributed by atoms with Gasteiger partial charge in [0.05, 0.1) is 0 Å². The van der Waals surface area contributed by atoms with Gasteiger partial charge in [-0.05, 0) is 20.6 Å². The maximum Gasteiger partial charge on any atom is 3.00 e. The smallest absolute Gasteiger partial charge is 0.663 e. The minimum Gasteiger partial charge on any atom is -0.663 e. The third-order valence-corrected chi connectivity index (χ3v) is 9.82. The first-order chi connectivity index (χ1) is 9.81. The number of hydrogen-bond donors (Lipinski definition) is 0. The van der Waals surface area contributed by atoms with Gasteiger partial charge in [0.15, 0.2) is 0 Å². The van der Waals surface area contributed by atoms with E-state index < -0.39 is 16.5 Å². The molecule has 0 saturated heterocycles. The Morgan fingerprint density at radius 1 is 0.870 bits per heavy atom. The molecule has 142 valence electrons. The van der Waals surface area contributed by atoms with Crippen LogP contribution in [0.25, 0.3) is 9.96 Å². The Kier molecular flexibility index (Phi) is 16.3. The van der Waals surface area contributed by atoms with Crippen LogP contribution in [-0.2, 0) is 16.8 Å². The van der Waals surface area contributed by atoms with Crippen molar-refractivity contribution in [3.63, 3.8) is 0 Å². The van der Waals surface area contributed by atoms with Crippen LogP contribution < -0.4 is 0 Å². The largest absolute Gasteiger partial charge is 3.00 e. The molecular formula is C17H43CoN3Si2+. The van der Waals surface area contributed by atoms with E-state index in [0.29, 0.717) is 0 Å². The molecule has 0 unspecified atom stereocenters. The van der Waals surface area contributed by atoms with Crippen molar-refractivity contribution >= 4 is 16.5 Å². The molecule has 0 aromatic rings. The van der Waals surface area contributed by atoms with E-state index in [-0.39, 0.29) is 22.3 Å². The fourth-order valence-electron chi connectivity index (χ4n) is 2.58. The van der Waals surface area contributed by atoms with E-state index >= 15 is 0 Å². The topological polar surface area (TPSA) is 31.4 Å². The van der Waals surface area contributed by atoms with Crippen molar-refractivity contribution in [1.29, 1.82) is 0 Å².